The van der Waals surface area contributed by atoms with Gasteiger partial charge in [-0.15, -0.1) is 0 Å². The van der Waals surface area contributed by atoms with Crippen LogP contribution in [0.2, 0.25) is 0 Å². The van der Waals surface area contributed by atoms with E-state index in [1.165, 1.54) is 19.5 Å². The highest BCUT2D eigenvalue weighted by molar-refractivity contribution is 4.70. The van der Waals surface area contributed by atoms with E-state index in [1.54, 1.807) is 0 Å². The molecule has 8 heavy (non-hydrogen) atoms. The Morgan fingerprint density at radius 1 is 1.25 bits per heavy atom. The van der Waals surface area contributed by atoms with Gasteiger partial charge in [-0.2, -0.15) is 0 Å². The van der Waals surface area contributed by atoms with Gasteiger partial charge in [0.15, 0.2) is 0 Å². The van der Waals surface area contributed by atoms with E-state index < -0.39 is 0 Å². The lowest BCUT2D eigenvalue weighted by molar-refractivity contribution is 0.295. The molecular weight excluding hydrogens is 98.1 g/mol. The van der Waals surface area contributed by atoms with E-state index in [-0.39, 0.29) is 0 Å². The Labute approximate surface area is 51.5 Å². The first kappa shape index (κ1) is 6.09. The fourth-order valence-corrected chi connectivity index (χ4v) is 1.15. The van der Waals surface area contributed by atoms with Gasteiger partial charge in [0, 0.05) is 0 Å². The molecule has 1 rings (SSSR count). The minimum Gasteiger partial charge on any atom is -0.316 e. The van der Waals surface area contributed by atoms with Crippen LogP contribution in [-0.2, 0) is 0 Å². The van der Waals surface area contributed by atoms with Crippen molar-refractivity contribution in [2.75, 3.05) is 13.1 Å². The lowest BCUT2D eigenvalue weighted by Gasteiger charge is -2.25. The van der Waals surface area contributed by atoms with Crippen LogP contribution in [0.5, 0.6) is 0 Å². The third kappa shape index (κ3) is 1.22. The molecule has 0 aliphatic carbocycles. The van der Waals surface area contributed by atoms with Gasteiger partial charge in [-0.1, -0.05) is 13.8 Å². The Hall–Kier alpha value is -0.0400. The van der Waals surface area contributed by atoms with Gasteiger partial charge in [-0.05, 0) is 31.3 Å². The molecule has 0 unspecified atom stereocenters. The van der Waals surface area contributed by atoms with E-state index in [0.717, 1.165) is 11.8 Å². The first-order valence-electron chi connectivity index (χ1n) is 3.51. The molecule has 2 atom stereocenters. The summed E-state index contributed by atoms with van der Waals surface area (Å²) in [6.45, 7) is 7.11. The smallest absolute Gasteiger partial charge is 0.00206 e. The highest BCUT2D eigenvalue weighted by Gasteiger charge is 2.14. The number of hydrogen-bond donors (Lipinski definition) is 1. The average molecular weight is 113 g/mol. The van der Waals surface area contributed by atoms with Crippen molar-refractivity contribution in [2.24, 2.45) is 11.8 Å². The molecule has 0 aromatic carbocycles. The average Bonchev–Trinajstić information content (AvgIpc) is 1.77. The standard InChI is InChI=1S/C7H15N/c1-6-3-4-8-5-7(6)2/h6-8H,3-5H2,1-2H3/t6-,7-/m1/s1. The second kappa shape index (κ2) is 2.49. The lowest BCUT2D eigenvalue weighted by Crippen LogP contribution is -2.33. The van der Waals surface area contributed by atoms with Crippen molar-refractivity contribution in [3.05, 3.63) is 0 Å². The zero-order valence-corrected chi connectivity index (χ0v) is 5.78. The zero-order valence-electron chi connectivity index (χ0n) is 5.78. The Bertz CT molecular complexity index is 60.8. The minimum absolute atomic E-state index is 0.892. The molecule has 1 heterocycles. The summed E-state index contributed by atoms with van der Waals surface area (Å²) in [5.41, 5.74) is 0. The molecule has 0 saturated carbocycles. The number of rotatable bonds is 0. The van der Waals surface area contributed by atoms with Gasteiger partial charge in [0.2, 0.25) is 0 Å². The van der Waals surface area contributed by atoms with Gasteiger partial charge < -0.3 is 5.32 Å². The second-order valence-electron chi connectivity index (χ2n) is 2.95. The Morgan fingerprint density at radius 3 is 2.38 bits per heavy atom. The quantitative estimate of drug-likeness (QED) is 0.498. The summed E-state index contributed by atoms with van der Waals surface area (Å²) in [5, 5.41) is 3.36. The highest BCUT2D eigenvalue weighted by atomic mass is 14.9. The molecule has 0 radical (unpaired) electrons. The molecule has 1 fully saturated rings. The molecule has 1 aliphatic heterocycles. The van der Waals surface area contributed by atoms with Crippen molar-refractivity contribution >= 4 is 0 Å². The van der Waals surface area contributed by atoms with E-state index in [0.29, 0.717) is 0 Å². The molecule has 1 aliphatic rings. The monoisotopic (exact) mass is 113 g/mol. The van der Waals surface area contributed by atoms with Gasteiger partial charge >= 0.3 is 0 Å². The summed E-state index contributed by atoms with van der Waals surface area (Å²) in [6, 6.07) is 0. The predicted molar refractivity (Wildman–Crippen MR) is 35.8 cm³/mol. The van der Waals surface area contributed by atoms with Crippen LogP contribution in [-0.4, -0.2) is 13.1 Å². The van der Waals surface area contributed by atoms with Crippen molar-refractivity contribution < 1.29 is 0 Å². The number of hydrogen-bond acceptors (Lipinski definition) is 1. The summed E-state index contributed by atoms with van der Waals surface area (Å²) in [4.78, 5) is 0. The molecule has 1 nitrogen and oxygen atoms in total. The van der Waals surface area contributed by atoms with Crippen molar-refractivity contribution in [1.29, 1.82) is 0 Å². The van der Waals surface area contributed by atoms with Crippen LogP contribution in [0.3, 0.4) is 0 Å². The van der Waals surface area contributed by atoms with E-state index >= 15 is 0 Å². The molecule has 0 amide bonds. The van der Waals surface area contributed by atoms with E-state index in [1.807, 2.05) is 0 Å². The van der Waals surface area contributed by atoms with Gasteiger partial charge in [0.05, 0.1) is 0 Å². The first-order valence-corrected chi connectivity index (χ1v) is 3.51. The van der Waals surface area contributed by atoms with Gasteiger partial charge in [0.25, 0.3) is 0 Å². The van der Waals surface area contributed by atoms with Crippen molar-refractivity contribution in [3.63, 3.8) is 0 Å². The summed E-state index contributed by atoms with van der Waals surface area (Å²) < 4.78 is 0. The Kier molecular flexibility index (Phi) is 1.90. The predicted octanol–water partition coefficient (Wildman–Crippen LogP) is 1.25. The van der Waals surface area contributed by atoms with E-state index in [9.17, 15) is 0 Å². The van der Waals surface area contributed by atoms with Gasteiger partial charge in [0.1, 0.15) is 0 Å². The maximum absolute atomic E-state index is 3.36. The van der Waals surface area contributed by atoms with E-state index in [2.05, 4.69) is 19.2 Å². The normalized spacial score (nSPS) is 39.8. The lowest BCUT2D eigenvalue weighted by atomic mass is 9.90. The maximum atomic E-state index is 3.36. The van der Waals surface area contributed by atoms with Crippen molar-refractivity contribution in [2.45, 2.75) is 20.3 Å². The molecule has 0 aromatic rings. The van der Waals surface area contributed by atoms with Gasteiger partial charge in [-0.3, -0.25) is 0 Å². The topological polar surface area (TPSA) is 12.0 Å². The fraction of sp³-hybridized carbons (Fsp3) is 1.00. The SMILES string of the molecule is C[C@@H]1CCNC[C@H]1C. The molecule has 1 N–H and O–H groups in total. The zero-order chi connectivity index (χ0) is 5.98. The fourth-order valence-electron chi connectivity index (χ4n) is 1.15. The van der Waals surface area contributed by atoms with Crippen LogP contribution in [0.25, 0.3) is 0 Å². The molecule has 0 spiro atoms. The minimum atomic E-state index is 0.892. The largest absolute Gasteiger partial charge is 0.316 e. The van der Waals surface area contributed by atoms with Crippen LogP contribution in [0.1, 0.15) is 20.3 Å². The highest BCUT2D eigenvalue weighted by Crippen LogP contribution is 2.16. The summed E-state index contributed by atoms with van der Waals surface area (Å²) >= 11 is 0. The van der Waals surface area contributed by atoms with Crippen molar-refractivity contribution in [3.8, 4) is 0 Å². The van der Waals surface area contributed by atoms with Crippen LogP contribution in [0.15, 0.2) is 0 Å². The summed E-state index contributed by atoms with van der Waals surface area (Å²) in [7, 11) is 0. The summed E-state index contributed by atoms with van der Waals surface area (Å²) in [5.74, 6) is 1.83. The van der Waals surface area contributed by atoms with Crippen LogP contribution >= 0.6 is 0 Å². The Balaban J connectivity index is 2.28. The molecule has 1 heteroatoms. The third-order valence-electron chi connectivity index (χ3n) is 2.21. The van der Waals surface area contributed by atoms with Crippen LogP contribution < -0.4 is 5.32 Å². The summed E-state index contributed by atoms with van der Waals surface area (Å²) in [6.07, 6.45) is 1.36. The van der Waals surface area contributed by atoms with Crippen molar-refractivity contribution in [1.82, 2.24) is 5.32 Å². The molecule has 0 aromatic heterocycles. The molecule has 1 saturated heterocycles. The third-order valence-corrected chi connectivity index (χ3v) is 2.21. The van der Waals surface area contributed by atoms with Gasteiger partial charge in [-0.25, -0.2) is 0 Å². The molecule has 48 valence electrons. The van der Waals surface area contributed by atoms with Crippen LogP contribution in [0, 0.1) is 11.8 Å². The second-order valence-corrected chi connectivity index (χ2v) is 2.95. The van der Waals surface area contributed by atoms with Crippen LogP contribution in [0.4, 0.5) is 0 Å². The maximum Gasteiger partial charge on any atom is -0.00206 e. The number of piperidine rings is 1. The number of nitrogens with one attached hydrogen (secondary N) is 1. The Morgan fingerprint density at radius 2 is 2.00 bits per heavy atom. The first-order chi connectivity index (χ1) is 3.80. The molecule has 0 bridgehead atoms. The van der Waals surface area contributed by atoms with E-state index in [4.69, 9.17) is 0 Å². The molecular formula is C7H15N.